The minimum Gasteiger partial charge on any atom is -0.466 e. The fraction of sp³-hybridized carbons (Fsp3) is 0.692. The predicted molar refractivity (Wildman–Crippen MR) is 77.5 cm³/mol. The Labute approximate surface area is 142 Å². The van der Waals surface area contributed by atoms with Gasteiger partial charge in [0.2, 0.25) is 0 Å². The van der Waals surface area contributed by atoms with Crippen LogP contribution in [-0.2, 0) is 28.6 Å². The largest absolute Gasteiger partial charge is 0.534 e. The maximum absolute atomic E-state index is 12.5. The Kier molecular flexibility index (Phi) is 5.98. The SMILES string of the molecule is COC(=O)C1=C(OS(=O)(=O)C(F)(F)F)CCN(C(=O)OC(C)(C)C)C1. The maximum Gasteiger partial charge on any atom is 0.534 e. The van der Waals surface area contributed by atoms with Crippen molar-refractivity contribution in [3.63, 3.8) is 0 Å². The summed E-state index contributed by atoms with van der Waals surface area (Å²) in [5.74, 6) is -1.83. The van der Waals surface area contributed by atoms with Gasteiger partial charge in [0, 0.05) is 13.0 Å². The van der Waals surface area contributed by atoms with E-state index in [0.29, 0.717) is 0 Å². The van der Waals surface area contributed by atoms with E-state index in [1.807, 2.05) is 0 Å². The summed E-state index contributed by atoms with van der Waals surface area (Å²) in [6.45, 7) is 4.12. The molecule has 0 aliphatic carbocycles. The molecular formula is C13H18F3NO7S. The predicted octanol–water partition coefficient (Wildman–Crippen LogP) is 1.92. The summed E-state index contributed by atoms with van der Waals surface area (Å²) in [4.78, 5) is 24.8. The van der Waals surface area contributed by atoms with Crippen molar-refractivity contribution in [1.29, 1.82) is 0 Å². The summed E-state index contributed by atoms with van der Waals surface area (Å²) in [5, 5.41) is 0. The van der Waals surface area contributed by atoms with Crippen molar-refractivity contribution in [3.8, 4) is 0 Å². The molecule has 8 nitrogen and oxygen atoms in total. The van der Waals surface area contributed by atoms with Gasteiger partial charge in [0.1, 0.15) is 11.4 Å². The summed E-state index contributed by atoms with van der Waals surface area (Å²) in [7, 11) is -4.98. The molecule has 1 aliphatic rings. The Morgan fingerprint density at radius 3 is 2.16 bits per heavy atom. The second kappa shape index (κ2) is 7.10. The molecule has 0 radical (unpaired) electrons. The third kappa shape index (κ3) is 5.51. The molecule has 0 bridgehead atoms. The first-order valence-corrected chi connectivity index (χ1v) is 8.38. The fourth-order valence-corrected chi connectivity index (χ4v) is 2.34. The molecule has 0 N–H and O–H groups in total. The van der Waals surface area contributed by atoms with Crippen LogP contribution in [0.2, 0.25) is 0 Å². The molecule has 0 aromatic carbocycles. The van der Waals surface area contributed by atoms with Crippen LogP contribution in [0.4, 0.5) is 18.0 Å². The second-order valence-corrected chi connectivity index (χ2v) is 7.57. The highest BCUT2D eigenvalue weighted by atomic mass is 32.2. The highest BCUT2D eigenvalue weighted by molar-refractivity contribution is 7.87. The molecule has 1 amide bonds. The van der Waals surface area contributed by atoms with Gasteiger partial charge in [-0.1, -0.05) is 0 Å². The lowest BCUT2D eigenvalue weighted by Gasteiger charge is -2.31. The number of carbonyl (C=O) groups is 2. The lowest BCUT2D eigenvalue weighted by molar-refractivity contribution is -0.136. The average molecular weight is 389 g/mol. The van der Waals surface area contributed by atoms with Gasteiger partial charge in [-0.15, -0.1) is 0 Å². The monoisotopic (exact) mass is 389 g/mol. The van der Waals surface area contributed by atoms with Gasteiger partial charge in [-0.25, -0.2) is 9.59 Å². The molecule has 0 unspecified atom stereocenters. The van der Waals surface area contributed by atoms with Crippen molar-refractivity contribution in [3.05, 3.63) is 11.3 Å². The van der Waals surface area contributed by atoms with E-state index >= 15 is 0 Å². The molecular weight excluding hydrogens is 371 g/mol. The van der Waals surface area contributed by atoms with Crippen molar-refractivity contribution >= 4 is 22.2 Å². The van der Waals surface area contributed by atoms with Crippen LogP contribution in [0.5, 0.6) is 0 Å². The van der Waals surface area contributed by atoms with E-state index in [4.69, 9.17) is 4.74 Å². The highest BCUT2D eigenvalue weighted by Crippen LogP contribution is 2.30. The third-order valence-electron chi connectivity index (χ3n) is 2.87. The summed E-state index contributed by atoms with van der Waals surface area (Å²) in [6, 6.07) is 0. The molecule has 0 saturated heterocycles. The van der Waals surface area contributed by atoms with Gasteiger partial charge < -0.3 is 18.6 Å². The number of hydrogen-bond acceptors (Lipinski definition) is 7. The zero-order valence-corrected chi connectivity index (χ0v) is 14.8. The number of esters is 1. The zero-order chi connectivity index (χ0) is 19.6. The second-order valence-electron chi connectivity index (χ2n) is 6.03. The van der Waals surface area contributed by atoms with Crippen molar-refractivity contribution in [1.82, 2.24) is 4.90 Å². The van der Waals surface area contributed by atoms with E-state index in [2.05, 4.69) is 8.92 Å². The van der Waals surface area contributed by atoms with Gasteiger partial charge in [0.15, 0.2) is 0 Å². The van der Waals surface area contributed by atoms with E-state index in [1.54, 1.807) is 20.8 Å². The normalized spacial score (nSPS) is 16.5. The quantitative estimate of drug-likeness (QED) is 0.413. The zero-order valence-electron chi connectivity index (χ0n) is 14.0. The lowest BCUT2D eigenvalue weighted by Crippen LogP contribution is -2.42. The van der Waals surface area contributed by atoms with Crippen LogP contribution in [0.15, 0.2) is 11.3 Å². The number of carbonyl (C=O) groups excluding carboxylic acids is 2. The first kappa shape index (κ1) is 21.1. The number of alkyl halides is 3. The Morgan fingerprint density at radius 2 is 1.72 bits per heavy atom. The van der Waals surface area contributed by atoms with Crippen molar-refractivity contribution in [2.24, 2.45) is 0 Å². The summed E-state index contributed by atoms with van der Waals surface area (Å²) < 4.78 is 73.2. The molecule has 0 aromatic rings. The first-order chi connectivity index (χ1) is 11.2. The van der Waals surface area contributed by atoms with E-state index in [9.17, 15) is 31.2 Å². The van der Waals surface area contributed by atoms with Crippen LogP contribution in [0, 0.1) is 0 Å². The Hall–Kier alpha value is -1.98. The third-order valence-corrected chi connectivity index (χ3v) is 3.86. The van der Waals surface area contributed by atoms with Gasteiger partial charge in [0.05, 0.1) is 19.2 Å². The smallest absolute Gasteiger partial charge is 0.466 e. The molecule has 12 heteroatoms. The number of halogens is 3. The van der Waals surface area contributed by atoms with Crippen LogP contribution in [0.1, 0.15) is 27.2 Å². The molecule has 25 heavy (non-hydrogen) atoms. The molecule has 0 saturated carbocycles. The summed E-state index contributed by atoms with van der Waals surface area (Å²) >= 11 is 0. The number of amides is 1. The van der Waals surface area contributed by atoms with E-state index in [1.165, 1.54) is 0 Å². The topological polar surface area (TPSA) is 99.2 Å². The summed E-state index contributed by atoms with van der Waals surface area (Å²) in [5.41, 5.74) is -6.99. The molecule has 1 rings (SSSR count). The Bertz CT molecular complexity index is 677. The summed E-state index contributed by atoms with van der Waals surface area (Å²) in [6.07, 6.45) is -1.24. The molecule has 0 spiro atoms. The van der Waals surface area contributed by atoms with Crippen molar-refractivity contribution < 1.29 is 44.8 Å². The van der Waals surface area contributed by atoms with Crippen LogP contribution >= 0.6 is 0 Å². The van der Waals surface area contributed by atoms with E-state index in [0.717, 1.165) is 12.0 Å². The fourth-order valence-electron chi connectivity index (χ4n) is 1.80. The number of ether oxygens (including phenoxy) is 2. The first-order valence-electron chi connectivity index (χ1n) is 6.97. The van der Waals surface area contributed by atoms with Crippen molar-refractivity contribution in [2.45, 2.75) is 38.3 Å². The molecule has 1 heterocycles. The maximum atomic E-state index is 12.5. The van der Waals surface area contributed by atoms with Crippen LogP contribution in [0.3, 0.4) is 0 Å². The molecule has 0 aromatic heterocycles. The van der Waals surface area contributed by atoms with Gasteiger partial charge in [0.25, 0.3) is 0 Å². The standard InChI is InChI=1S/C13H18F3NO7S/c1-12(2,3)23-11(19)17-6-5-9(8(7-17)10(18)22-4)24-25(20,21)13(14,15)16/h5-7H2,1-4H3. The number of hydrogen-bond donors (Lipinski definition) is 0. The van der Waals surface area contributed by atoms with Crippen LogP contribution < -0.4 is 0 Å². The van der Waals surface area contributed by atoms with E-state index in [-0.39, 0.29) is 6.54 Å². The van der Waals surface area contributed by atoms with Gasteiger partial charge >= 0.3 is 27.7 Å². The number of methoxy groups -OCH3 is 1. The van der Waals surface area contributed by atoms with Crippen molar-refractivity contribution in [2.75, 3.05) is 20.2 Å². The minimum atomic E-state index is -5.94. The van der Waals surface area contributed by atoms with Gasteiger partial charge in [-0.05, 0) is 20.8 Å². The minimum absolute atomic E-state index is 0.196. The van der Waals surface area contributed by atoms with Crippen LogP contribution in [0.25, 0.3) is 0 Å². The number of nitrogens with zero attached hydrogens (tertiary/aromatic N) is 1. The average Bonchev–Trinajstić information content (AvgIpc) is 2.43. The molecule has 144 valence electrons. The van der Waals surface area contributed by atoms with Crippen LogP contribution in [-0.4, -0.2) is 56.7 Å². The molecule has 1 aliphatic heterocycles. The molecule has 0 atom stereocenters. The van der Waals surface area contributed by atoms with Gasteiger partial charge in [-0.3, -0.25) is 0 Å². The Balaban J connectivity index is 3.11. The van der Waals surface area contributed by atoms with E-state index < -0.39 is 57.6 Å². The van der Waals surface area contributed by atoms with Gasteiger partial charge in [-0.2, -0.15) is 21.6 Å². The lowest BCUT2D eigenvalue weighted by atomic mass is 10.1. The Morgan fingerprint density at radius 1 is 1.16 bits per heavy atom. The molecule has 0 fully saturated rings. The highest BCUT2D eigenvalue weighted by Gasteiger charge is 2.49. The number of rotatable bonds is 3.